The fraction of sp³-hybridized carbons (Fsp3) is 0.381. The van der Waals surface area contributed by atoms with Crippen LogP contribution in [-0.4, -0.2) is 28.0 Å². The van der Waals surface area contributed by atoms with Crippen LogP contribution in [-0.2, 0) is 16.6 Å². The van der Waals surface area contributed by atoms with E-state index >= 15 is 0 Å². The minimum absolute atomic E-state index is 0.109. The predicted octanol–water partition coefficient (Wildman–Crippen LogP) is 3.48. The van der Waals surface area contributed by atoms with Gasteiger partial charge < -0.3 is 10.1 Å². The third-order valence-corrected chi connectivity index (χ3v) is 5.79. The Hall–Kier alpha value is -2.38. The Balaban J connectivity index is 1.86. The Kier molecular flexibility index (Phi) is 8.47. The van der Waals surface area contributed by atoms with E-state index in [1.807, 2.05) is 0 Å². The first-order valence-electron chi connectivity index (χ1n) is 9.47. The molecule has 0 saturated heterocycles. The molecule has 0 bridgehead atoms. The maximum atomic E-state index is 12.4. The van der Waals surface area contributed by atoms with Crippen molar-refractivity contribution >= 4 is 15.9 Å². The number of amides is 1. The zero-order valence-corrected chi connectivity index (χ0v) is 17.2. The van der Waals surface area contributed by atoms with E-state index in [0.717, 1.165) is 24.8 Å². The zero-order chi connectivity index (χ0) is 20.4. The number of carbonyl (C=O) groups excluding carboxylic acids is 1. The van der Waals surface area contributed by atoms with Crippen molar-refractivity contribution in [2.45, 2.75) is 44.0 Å². The number of carbonyl (C=O) groups is 1. The lowest BCUT2D eigenvalue weighted by molar-refractivity contribution is 0.0953. The molecule has 2 aromatic rings. The van der Waals surface area contributed by atoms with E-state index in [9.17, 15) is 13.2 Å². The monoisotopic (exact) mass is 404 g/mol. The van der Waals surface area contributed by atoms with Crippen LogP contribution >= 0.6 is 0 Å². The van der Waals surface area contributed by atoms with Crippen molar-refractivity contribution in [3.05, 3.63) is 59.7 Å². The first kappa shape index (κ1) is 21.9. The van der Waals surface area contributed by atoms with Gasteiger partial charge in [-0.1, -0.05) is 38.3 Å². The fourth-order valence-electron chi connectivity index (χ4n) is 2.65. The molecule has 0 spiro atoms. The van der Waals surface area contributed by atoms with Crippen molar-refractivity contribution in [1.82, 2.24) is 10.0 Å². The number of hydrogen-bond donors (Lipinski definition) is 2. The van der Waals surface area contributed by atoms with Crippen molar-refractivity contribution in [1.29, 1.82) is 0 Å². The Morgan fingerprint density at radius 2 is 1.64 bits per heavy atom. The van der Waals surface area contributed by atoms with Gasteiger partial charge >= 0.3 is 0 Å². The number of unbranched alkanes of at least 4 members (excludes halogenated alkanes) is 3. The van der Waals surface area contributed by atoms with Gasteiger partial charge in [0.05, 0.1) is 12.0 Å². The highest BCUT2D eigenvalue weighted by atomic mass is 32.2. The van der Waals surface area contributed by atoms with E-state index in [-0.39, 0.29) is 17.3 Å². The van der Waals surface area contributed by atoms with E-state index in [4.69, 9.17) is 4.74 Å². The highest BCUT2D eigenvalue weighted by Gasteiger charge is 2.14. The van der Waals surface area contributed by atoms with Crippen molar-refractivity contribution in [2.24, 2.45) is 0 Å². The van der Waals surface area contributed by atoms with Crippen molar-refractivity contribution in [3.8, 4) is 5.75 Å². The van der Waals surface area contributed by atoms with E-state index < -0.39 is 10.0 Å². The molecule has 28 heavy (non-hydrogen) atoms. The molecule has 0 fully saturated rings. The maximum Gasteiger partial charge on any atom is 0.251 e. The molecule has 0 radical (unpaired) electrons. The molecule has 1 amide bonds. The van der Waals surface area contributed by atoms with Gasteiger partial charge in [-0.3, -0.25) is 4.79 Å². The zero-order valence-electron chi connectivity index (χ0n) is 16.4. The normalized spacial score (nSPS) is 11.2. The number of nitrogens with one attached hydrogen (secondary N) is 2. The molecule has 6 nitrogen and oxygen atoms in total. The number of hydrogen-bond acceptors (Lipinski definition) is 4. The average Bonchev–Trinajstić information content (AvgIpc) is 2.72. The molecule has 0 atom stereocenters. The Bertz CT molecular complexity index is 847. The molecular formula is C21H28N2O4S. The van der Waals surface area contributed by atoms with Crippen LogP contribution < -0.4 is 14.8 Å². The number of methoxy groups -OCH3 is 1. The summed E-state index contributed by atoms with van der Waals surface area (Å²) in [6.07, 6.45) is 4.43. The first-order valence-corrected chi connectivity index (χ1v) is 11.0. The second-order valence-corrected chi connectivity index (χ2v) is 8.28. The smallest absolute Gasteiger partial charge is 0.251 e. The summed E-state index contributed by atoms with van der Waals surface area (Å²) < 4.78 is 32.3. The summed E-state index contributed by atoms with van der Waals surface area (Å²) in [6.45, 7) is 2.97. The third kappa shape index (κ3) is 6.65. The lowest BCUT2D eigenvalue weighted by Crippen LogP contribution is -2.25. The van der Waals surface area contributed by atoms with Gasteiger partial charge in [-0.25, -0.2) is 13.1 Å². The summed E-state index contributed by atoms with van der Waals surface area (Å²) in [5.41, 5.74) is 1.34. The number of ether oxygens (including phenoxy) is 1. The summed E-state index contributed by atoms with van der Waals surface area (Å²) in [7, 11) is -2.09. The van der Waals surface area contributed by atoms with Gasteiger partial charge in [-0.15, -0.1) is 0 Å². The Labute approximate surface area is 167 Å². The topological polar surface area (TPSA) is 84.5 Å². The molecule has 152 valence electrons. The number of sulfonamides is 1. The summed E-state index contributed by atoms with van der Waals surface area (Å²) in [4.78, 5) is 12.3. The number of benzene rings is 2. The van der Waals surface area contributed by atoms with Crippen LogP contribution in [0, 0.1) is 0 Å². The quantitative estimate of drug-likeness (QED) is 0.562. The maximum absolute atomic E-state index is 12.4. The highest BCUT2D eigenvalue weighted by molar-refractivity contribution is 7.89. The Morgan fingerprint density at radius 3 is 2.25 bits per heavy atom. The SMILES string of the molecule is CCCCCCNC(=O)c1ccc(CNS(=O)(=O)c2ccc(OC)cc2)cc1. The van der Waals surface area contributed by atoms with E-state index in [2.05, 4.69) is 17.0 Å². The van der Waals surface area contributed by atoms with Crippen LogP contribution in [0.25, 0.3) is 0 Å². The van der Waals surface area contributed by atoms with Gasteiger partial charge in [0.2, 0.25) is 10.0 Å². The van der Waals surface area contributed by atoms with Crippen LogP contribution in [0.5, 0.6) is 5.75 Å². The molecule has 0 aliphatic rings. The standard InChI is InChI=1S/C21H28N2O4S/c1-3-4-5-6-15-22-21(24)18-9-7-17(8-10-18)16-23-28(25,26)20-13-11-19(27-2)12-14-20/h7-14,23H,3-6,15-16H2,1-2H3,(H,22,24). The highest BCUT2D eigenvalue weighted by Crippen LogP contribution is 2.16. The average molecular weight is 405 g/mol. The van der Waals surface area contributed by atoms with E-state index in [1.54, 1.807) is 36.4 Å². The van der Waals surface area contributed by atoms with Crippen molar-refractivity contribution < 1.29 is 17.9 Å². The molecule has 0 aliphatic carbocycles. The van der Waals surface area contributed by atoms with E-state index in [0.29, 0.717) is 17.9 Å². The van der Waals surface area contributed by atoms with Crippen molar-refractivity contribution in [3.63, 3.8) is 0 Å². The molecule has 2 rings (SSSR count). The minimum atomic E-state index is -3.61. The fourth-order valence-corrected chi connectivity index (χ4v) is 3.66. The lowest BCUT2D eigenvalue weighted by Gasteiger charge is -2.09. The van der Waals surface area contributed by atoms with Gasteiger partial charge in [0.1, 0.15) is 5.75 Å². The Morgan fingerprint density at radius 1 is 0.964 bits per heavy atom. The van der Waals surface area contributed by atoms with Crippen LogP contribution in [0.15, 0.2) is 53.4 Å². The minimum Gasteiger partial charge on any atom is -0.497 e. The van der Waals surface area contributed by atoms with Gasteiger partial charge in [0.15, 0.2) is 0 Å². The van der Waals surface area contributed by atoms with Crippen LogP contribution in [0.4, 0.5) is 0 Å². The molecule has 7 heteroatoms. The summed E-state index contributed by atoms with van der Waals surface area (Å²) in [6, 6.07) is 13.1. The molecule has 0 aliphatic heterocycles. The molecule has 2 N–H and O–H groups in total. The summed E-state index contributed by atoms with van der Waals surface area (Å²) >= 11 is 0. The molecule has 2 aromatic carbocycles. The summed E-state index contributed by atoms with van der Waals surface area (Å²) in [5.74, 6) is 0.486. The van der Waals surface area contributed by atoms with Crippen LogP contribution in [0.3, 0.4) is 0 Å². The second-order valence-electron chi connectivity index (χ2n) is 6.51. The van der Waals surface area contributed by atoms with Crippen LogP contribution in [0.1, 0.15) is 48.5 Å². The third-order valence-electron chi connectivity index (χ3n) is 4.37. The van der Waals surface area contributed by atoms with Crippen molar-refractivity contribution in [2.75, 3.05) is 13.7 Å². The first-order chi connectivity index (χ1) is 13.5. The molecule has 0 saturated carbocycles. The van der Waals surface area contributed by atoms with Gasteiger partial charge in [0, 0.05) is 18.7 Å². The molecular weight excluding hydrogens is 376 g/mol. The largest absolute Gasteiger partial charge is 0.497 e. The number of rotatable bonds is 11. The molecule has 0 aromatic heterocycles. The van der Waals surface area contributed by atoms with Gasteiger partial charge in [-0.2, -0.15) is 0 Å². The lowest BCUT2D eigenvalue weighted by atomic mass is 10.1. The van der Waals surface area contributed by atoms with E-state index in [1.165, 1.54) is 25.7 Å². The molecule has 0 unspecified atom stereocenters. The summed E-state index contributed by atoms with van der Waals surface area (Å²) in [5, 5.41) is 2.90. The molecule has 0 heterocycles. The second kappa shape index (κ2) is 10.8. The van der Waals surface area contributed by atoms with Gasteiger partial charge in [0.25, 0.3) is 5.91 Å². The van der Waals surface area contributed by atoms with Crippen LogP contribution in [0.2, 0.25) is 0 Å². The van der Waals surface area contributed by atoms with Gasteiger partial charge in [-0.05, 0) is 48.4 Å². The predicted molar refractivity (Wildman–Crippen MR) is 110 cm³/mol.